The number of carbonyl (C=O) groups is 7. The van der Waals surface area contributed by atoms with Crippen LogP contribution in [0.25, 0.3) is 11.1 Å². The molecule has 1 aliphatic rings. The van der Waals surface area contributed by atoms with Crippen LogP contribution in [-0.2, 0) is 40.0 Å². The van der Waals surface area contributed by atoms with E-state index < -0.39 is 108 Å². The Balaban J connectivity index is 1.77. The molecule has 3 rings (SSSR count). The monoisotopic (exact) mass is 871 g/mol. The number of carboxylic acid groups (broad SMARTS) is 1. The lowest BCUT2D eigenvalue weighted by Crippen LogP contribution is -2.99. The summed E-state index contributed by atoms with van der Waals surface area (Å²) >= 11 is 0. The number of aliphatic hydroxyl groups excluding tert-OH is 1. The number of likely N-dealkylation sites (N-methyl/N-ethyl adjacent to an activating group) is 2. The van der Waals surface area contributed by atoms with Crippen molar-refractivity contribution < 1.29 is 64.4 Å². The molecule has 0 radical (unpaired) electrons. The average molecular weight is 872 g/mol. The third kappa shape index (κ3) is 13.8. The van der Waals surface area contributed by atoms with Gasteiger partial charge in [0.15, 0.2) is 5.75 Å². The lowest BCUT2D eigenvalue weighted by atomic mass is 9.93. The number of carboxylic acids is 1. The maximum atomic E-state index is 13.9. The van der Waals surface area contributed by atoms with Gasteiger partial charge in [0.05, 0.1) is 13.2 Å². The molecule has 0 aromatic heterocycles. The van der Waals surface area contributed by atoms with Gasteiger partial charge in [-0.25, -0.2) is 10.0 Å². The first-order valence-corrected chi connectivity index (χ1v) is 20.6. The Morgan fingerprint density at radius 2 is 1.53 bits per heavy atom. The number of aliphatic carboxylic acids is 1. The van der Waals surface area contributed by atoms with Crippen LogP contribution in [0.15, 0.2) is 30.3 Å². The number of unbranched alkanes of at least 4 members (excludes halogenated alkanes) is 5. The molecule has 4 bridgehead atoms. The topological polar surface area (TPSA) is 303 Å². The quantitative estimate of drug-likeness (QED) is 0.0524. The first kappa shape index (κ1) is 50.5. The van der Waals surface area contributed by atoms with Gasteiger partial charge in [-0.3, -0.25) is 28.8 Å². The van der Waals surface area contributed by atoms with E-state index in [0.717, 1.165) is 47.6 Å². The molecule has 6 unspecified atom stereocenters. The molecule has 20 nitrogen and oxygen atoms in total. The molecule has 0 saturated carbocycles. The van der Waals surface area contributed by atoms with Gasteiger partial charge in [-0.2, -0.15) is 5.23 Å². The number of rotatable bonds is 19. The first-order valence-electron chi connectivity index (χ1n) is 20.6. The average Bonchev–Trinajstić information content (AvgIpc) is 3.20. The van der Waals surface area contributed by atoms with E-state index in [2.05, 4.69) is 35.1 Å². The molecule has 1 heterocycles. The summed E-state index contributed by atoms with van der Waals surface area (Å²) in [5.74, 6) is -6.82. The molecule has 10 N–H and O–H groups in total. The predicted molar refractivity (Wildman–Crippen MR) is 223 cm³/mol. The summed E-state index contributed by atoms with van der Waals surface area (Å²) in [7, 11) is 2.59. The molecule has 20 heteroatoms. The minimum atomic E-state index is -1.62. The Morgan fingerprint density at radius 1 is 0.887 bits per heavy atom. The number of phenols is 2. The highest BCUT2D eigenvalue weighted by Crippen LogP contribution is 2.41. The van der Waals surface area contributed by atoms with E-state index in [-0.39, 0.29) is 34.6 Å². The highest BCUT2D eigenvalue weighted by Gasteiger charge is 2.34. The fraction of sp³-hybridized carbons (Fsp3) is 0.548. The summed E-state index contributed by atoms with van der Waals surface area (Å²) in [4.78, 5) is 93.9. The Kier molecular flexibility index (Phi) is 19.1. The standard InChI is InChI=1S/C42H61N7O13/c1-23(2)13-11-9-7-8-10-12-14-34(52)47(5)32(22-50)40(57)44-24(3)38(55)43-21-35(53)48(6)36-27-15-16-33(51)28(20-27)29-17-26(19-31(37(29)54)49(61)62)18-30(42(59)60)46-39(56)25(4)45-41(36)58/h15-17,19-20,23-25,30,32,36,49-51,54,61H,7-14,18,21-22H2,1-6H3,(H,43,55)(H,44,57)(H,45,58)(H,46,56)(H,59,60). The van der Waals surface area contributed by atoms with Crippen molar-refractivity contribution in [2.75, 3.05) is 27.2 Å². The lowest BCUT2D eigenvalue weighted by molar-refractivity contribution is -0.991. The normalized spacial score (nSPS) is 18.0. The van der Waals surface area contributed by atoms with E-state index in [0.29, 0.717) is 12.3 Å². The lowest BCUT2D eigenvalue weighted by Gasteiger charge is -2.30. The number of quaternary nitrogens is 1. The van der Waals surface area contributed by atoms with E-state index in [9.17, 15) is 64.4 Å². The zero-order chi connectivity index (χ0) is 46.4. The summed E-state index contributed by atoms with van der Waals surface area (Å²) in [5, 5.41) is 71.7. The van der Waals surface area contributed by atoms with Crippen LogP contribution in [0.5, 0.6) is 11.5 Å². The molecule has 6 amide bonds. The molecule has 6 atom stereocenters. The maximum Gasteiger partial charge on any atom is 0.326 e. The van der Waals surface area contributed by atoms with Crippen molar-refractivity contribution in [1.82, 2.24) is 31.1 Å². The van der Waals surface area contributed by atoms with Crippen LogP contribution in [-0.4, -0.2) is 128 Å². The molecule has 1 aliphatic heterocycles. The van der Waals surface area contributed by atoms with Gasteiger partial charge in [0, 0.05) is 44.1 Å². The fourth-order valence-corrected chi connectivity index (χ4v) is 6.99. The van der Waals surface area contributed by atoms with Crippen molar-refractivity contribution >= 4 is 47.1 Å². The number of phenolic OH excluding ortho intramolecular Hbond substituents is 2. The van der Waals surface area contributed by atoms with Crippen LogP contribution in [0, 0.1) is 11.1 Å². The Labute approximate surface area is 360 Å². The van der Waals surface area contributed by atoms with Crippen LogP contribution < -0.4 is 26.5 Å². The van der Waals surface area contributed by atoms with Gasteiger partial charge >= 0.3 is 5.97 Å². The van der Waals surface area contributed by atoms with Gasteiger partial charge in [-0.05, 0) is 55.5 Å². The third-order valence-corrected chi connectivity index (χ3v) is 10.8. The van der Waals surface area contributed by atoms with Crippen molar-refractivity contribution in [2.45, 2.75) is 116 Å². The highest BCUT2D eigenvalue weighted by atomic mass is 16.8. The SMILES string of the molecule is CC(C)CCCCCCCCC(=O)N(C)C(CO)C(=O)NC(C)C(=O)NCC(=O)N(C)C1C(=O)NC(C)C(=O)NC(C(=O)O)Cc2cc(c(O)c([NH+]([O-])O)c2)-c2cc1ccc2O. The second kappa shape index (κ2) is 23.4. The molecular formula is C42H61N7O13. The van der Waals surface area contributed by atoms with Crippen LogP contribution in [0.1, 0.15) is 96.2 Å². The summed E-state index contributed by atoms with van der Waals surface area (Å²) in [5.41, 5.74) is -1.01. The van der Waals surface area contributed by atoms with E-state index >= 15 is 0 Å². The minimum Gasteiger partial charge on any atom is -0.595 e. The number of aliphatic hydroxyl groups is 1. The van der Waals surface area contributed by atoms with Crippen LogP contribution in [0.3, 0.4) is 0 Å². The molecular weight excluding hydrogens is 810 g/mol. The summed E-state index contributed by atoms with van der Waals surface area (Å²) < 4.78 is 0. The zero-order valence-electron chi connectivity index (χ0n) is 36.0. The minimum absolute atomic E-state index is 0.0127. The van der Waals surface area contributed by atoms with Crippen LogP contribution in [0.2, 0.25) is 0 Å². The second-order valence-corrected chi connectivity index (χ2v) is 16.1. The van der Waals surface area contributed by atoms with Crippen molar-refractivity contribution in [1.29, 1.82) is 0 Å². The van der Waals surface area contributed by atoms with Crippen LogP contribution in [0.4, 0.5) is 5.69 Å². The van der Waals surface area contributed by atoms with Gasteiger partial charge in [0.25, 0.3) is 0 Å². The number of nitrogens with zero attached hydrogens (tertiary/aromatic N) is 2. The summed E-state index contributed by atoms with van der Waals surface area (Å²) in [6, 6.07) is -1.24. The summed E-state index contributed by atoms with van der Waals surface area (Å²) in [6.45, 7) is 5.54. The predicted octanol–water partition coefficient (Wildman–Crippen LogP) is 0.515. The smallest absolute Gasteiger partial charge is 0.326 e. The van der Waals surface area contributed by atoms with Gasteiger partial charge in [0.1, 0.15) is 36.0 Å². The number of hydrogen-bond acceptors (Lipinski definition) is 12. The number of benzene rings is 2. The van der Waals surface area contributed by atoms with E-state index in [1.807, 2.05) is 0 Å². The number of nitrogens with one attached hydrogen (secondary N) is 5. The molecule has 0 aliphatic carbocycles. The number of aromatic hydroxyl groups is 2. The largest absolute Gasteiger partial charge is 0.595 e. The van der Waals surface area contributed by atoms with E-state index in [1.165, 1.54) is 59.0 Å². The number of carbonyl (C=O) groups excluding carboxylic acids is 6. The van der Waals surface area contributed by atoms with Gasteiger partial charge in [-0.1, -0.05) is 58.4 Å². The van der Waals surface area contributed by atoms with Crippen molar-refractivity contribution in [2.24, 2.45) is 5.92 Å². The van der Waals surface area contributed by atoms with Gasteiger partial charge in [-0.15, -0.1) is 0 Å². The Bertz CT molecular complexity index is 1940. The third-order valence-electron chi connectivity index (χ3n) is 10.8. The number of amides is 6. The Hall–Kier alpha value is -5.83. The zero-order valence-corrected chi connectivity index (χ0v) is 36.0. The van der Waals surface area contributed by atoms with Gasteiger partial charge < -0.3 is 56.7 Å². The fourth-order valence-electron chi connectivity index (χ4n) is 6.99. The first-order chi connectivity index (χ1) is 29.2. The molecule has 2 aromatic carbocycles. The van der Waals surface area contributed by atoms with E-state index in [1.54, 1.807) is 0 Å². The number of hydrogen-bond donors (Lipinski definition) is 10. The van der Waals surface area contributed by atoms with Crippen molar-refractivity contribution in [3.05, 3.63) is 46.7 Å². The number of fused-ring (bicyclic) bond motifs is 5. The molecule has 2 aromatic rings. The van der Waals surface area contributed by atoms with Crippen molar-refractivity contribution in [3.63, 3.8) is 0 Å². The van der Waals surface area contributed by atoms with E-state index in [4.69, 9.17) is 0 Å². The summed E-state index contributed by atoms with van der Waals surface area (Å²) in [6.07, 6.45) is 6.76. The van der Waals surface area contributed by atoms with Crippen molar-refractivity contribution in [3.8, 4) is 22.6 Å². The van der Waals surface area contributed by atoms with Gasteiger partial charge in [0.2, 0.25) is 41.1 Å². The molecule has 62 heavy (non-hydrogen) atoms. The molecule has 0 saturated heterocycles. The molecule has 342 valence electrons. The maximum absolute atomic E-state index is 13.9. The molecule has 0 fully saturated rings. The highest BCUT2D eigenvalue weighted by molar-refractivity contribution is 5.96. The van der Waals surface area contributed by atoms with Crippen LogP contribution >= 0.6 is 0 Å². The molecule has 0 spiro atoms. The Morgan fingerprint density at radius 3 is 2.15 bits per heavy atom. The second-order valence-electron chi connectivity index (χ2n) is 16.1.